The summed E-state index contributed by atoms with van der Waals surface area (Å²) in [6.45, 7) is 0.402. The number of hydrogen-bond acceptors (Lipinski definition) is 5. The summed E-state index contributed by atoms with van der Waals surface area (Å²) >= 11 is 6.15. The Hall–Kier alpha value is -2.28. The van der Waals surface area contributed by atoms with Gasteiger partial charge in [0.15, 0.2) is 0 Å². The number of nitrogen functional groups attached to an aromatic ring is 1. The Kier molecular flexibility index (Phi) is 3.66. The molecule has 0 spiro atoms. The van der Waals surface area contributed by atoms with Crippen molar-refractivity contribution in [1.82, 2.24) is 14.8 Å². The van der Waals surface area contributed by atoms with E-state index < -0.39 is 11.9 Å². The van der Waals surface area contributed by atoms with Crippen molar-refractivity contribution in [3.8, 4) is 5.75 Å². The van der Waals surface area contributed by atoms with E-state index in [0.29, 0.717) is 23.1 Å². The Labute approximate surface area is 131 Å². The fraction of sp³-hybridized carbons (Fsp3) is 0.357. The molecule has 22 heavy (non-hydrogen) atoms. The highest BCUT2D eigenvalue weighted by molar-refractivity contribution is 6.32. The van der Waals surface area contributed by atoms with Crippen molar-refractivity contribution in [1.29, 1.82) is 0 Å². The summed E-state index contributed by atoms with van der Waals surface area (Å²) in [6.07, 6.45) is 0.286. The first kappa shape index (κ1) is 14.6. The Morgan fingerprint density at radius 2 is 2.32 bits per heavy atom. The van der Waals surface area contributed by atoms with Gasteiger partial charge in [0.25, 0.3) is 0 Å². The van der Waals surface area contributed by atoms with E-state index >= 15 is 0 Å². The van der Waals surface area contributed by atoms with E-state index in [9.17, 15) is 9.90 Å². The standard InChI is InChI=1S/C14H15ClN4O3/c1-22-11-3-2-7(4-10(11)15)9-6-19-12(17-14(16)18-19)5-8(9)13(20)21/h2-4,8-9H,5-6H2,1H3,(H2,16,18)(H,20,21). The molecule has 0 radical (unpaired) electrons. The highest BCUT2D eigenvalue weighted by Crippen LogP contribution is 2.36. The molecule has 0 saturated carbocycles. The first-order valence-corrected chi connectivity index (χ1v) is 7.13. The molecule has 0 amide bonds. The summed E-state index contributed by atoms with van der Waals surface area (Å²) in [6, 6.07) is 5.31. The molecule has 0 aliphatic carbocycles. The van der Waals surface area contributed by atoms with E-state index in [2.05, 4.69) is 10.1 Å². The van der Waals surface area contributed by atoms with Gasteiger partial charge in [0.2, 0.25) is 5.95 Å². The highest BCUT2D eigenvalue weighted by Gasteiger charge is 2.36. The molecule has 2 heterocycles. The van der Waals surface area contributed by atoms with Crippen LogP contribution in [0.5, 0.6) is 5.75 Å². The molecule has 1 aliphatic heterocycles. The van der Waals surface area contributed by atoms with Gasteiger partial charge in [0, 0.05) is 12.3 Å². The summed E-state index contributed by atoms with van der Waals surface area (Å²) in [7, 11) is 1.53. The lowest BCUT2D eigenvalue weighted by Gasteiger charge is -2.29. The fourth-order valence-corrected chi connectivity index (χ4v) is 3.12. The van der Waals surface area contributed by atoms with Crippen LogP contribution < -0.4 is 10.5 Å². The molecule has 7 nitrogen and oxygen atoms in total. The van der Waals surface area contributed by atoms with E-state index in [1.807, 2.05) is 6.07 Å². The fourth-order valence-electron chi connectivity index (χ4n) is 2.85. The molecule has 1 aromatic carbocycles. The molecule has 3 N–H and O–H groups in total. The number of anilines is 1. The van der Waals surface area contributed by atoms with Crippen LogP contribution in [0.3, 0.4) is 0 Å². The monoisotopic (exact) mass is 322 g/mol. The summed E-state index contributed by atoms with van der Waals surface area (Å²) in [5.74, 6) is -0.410. The number of carboxylic acids is 1. The number of nitrogens with zero attached hydrogens (tertiary/aromatic N) is 3. The average molecular weight is 323 g/mol. The second-order valence-electron chi connectivity index (χ2n) is 5.22. The molecule has 2 aromatic rings. The van der Waals surface area contributed by atoms with Gasteiger partial charge in [-0.2, -0.15) is 4.98 Å². The zero-order valence-electron chi connectivity index (χ0n) is 11.9. The first-order chi connectivity index (χ1) is 10.5. The molecule has 0 saturated heterocycles. The van der Waals surface area contributed by atoms with Crippen molar-refractivity contribution in [3.05, 3.63) is 34.6 Å². The van der Waals surface area contributed by atoms with Crippen molar-refractivity contribution in [2.75, 3.05) is 12.8 Å². The molecule has 2 unspecified atom stereocenters. The summed E-state index contributed by atoms with van der Waals surface area (Å²) in [5.41, 5.74) is 6.43. The van der Waals surface area contributed by atoms with E-state index in [1.54, 1.807) is 16.8 Å². The second-order valence-corrected chi connectivity index (χ2v) is 5.62. The van der Waals surface area contributed by atoms with Crippen LogP contribution in [-0.4, -0.2) is 33.0 Å². The largest absolute Gasteiger partial charge is 0.495 e. The number of aliphatic carboxylic acids is 1. The lowest BCUT2D eigenvalue weighted by Crippen LogP contribution is -2.33. The maximum absolute atomic E-state index is 11.6. The number of carbonyl (C=O) groups is 1. The smallest absolute Gasteiger partial charge is 0.307 e. The molecule has 1 aliphatic rings. The number of rotatable bonds is 3. The van der Waals surface area contributed by atoms with Crippen molar-refractivity contribution >= 4 is 23.5 Å². The van der Waals surface area contributed by atoms with Gasteiger partial charge in [-0.3, -0.25) is 4.79 Å². The van der Waals surface area contributed by atoms with Crippen LogP contribution in [0.4, 0.5) is 5.95 Å². The van der Waals surface area contributed by atoms with Gasteiger partial charge in [0.1, 0.15) is 11.6 Å². The molecule has 116 valence electrons. The average Bonchev–Trinajstić information content (AvgIpc) is 2.84. The normalized spacial score (nSPS) is 20.5. The number of ether oxygens (including phenoxy) is 1. The minimum absolute atomic E-state index is 0.160. The van der Waals surface area contributed by atoms with Crippen LogP contribution >= 0.6 is 11.6 Å². The van der Waals surface area contributed by atoms with Gasteiger partial charge in [-0.05, 0) is 17.7 Å². The van der Waals surface area contributed by atoms with Crippen LogP contribution in [-0.2, 0) is 17.8 Å². The predicted molar refractivity (Wildman–Crippen MR) is 80.0 cm³/mol. The van der Waals surface area contributed by atoms with Crippen LogP contribution in [0.25, 0.3) is 0 Å². The third-order valence-corrected chi connectivity index (χ3v) is 4.24. The van der Waals surface area contributed by atoms with Gasteiger partial charge in [-0.25, -0.2) is 4.68 Å². The topological polar surface area (TPSA) is 103 Å². The maximum atomic E-state index is 11.6. The number of halogens is 1. The molecule has 3 rings (SSSR count). The quantitative estimate of drug-likeness (QED) is 0.889. The first-order valence-electron chi connectivity index (χ1n) is 6.75. The summed E-state index contributed by atoms with van der Waals surface area (Å²) in [5, 5.41) is 14.1. The third-order valence-electron chi connectivity index (χ3n) is 3.94. The number of aromatic nitrogens is 3. The minimum Gasteiger partial charge on any atom is -0.495 e. The Morgan fingerprint density at radius 3 is 2.95 bits per heavy atom. The minimum atomic E-state index is -0.871. The van der Waals surface area contributed by atoms with Crippen LogP contribution in [0, 0.1) is 5.92 Å². The zero-order chi connectivity index (χ0) is 15.9. The Bertz CT molecular complexity index is 731. The van der Waals surface area contributed by atoms with Gasteiger partial charge in [0.05, 0.1) is 24.6 Å². The van der Waals surface area contributed by atoms with Crippen LogP contribution in [0.1, 0.15) is 17.3 Å². The molecular weight excluding hydrogens is 308 g/mol. The number of fused-ring (bicyclic) bond motifs is 1. The van der Waals surface area contributed by atoms with Crippen LogP contribution in [0.2, 0.25) is 5.02 Å². The molecule has 2 atom stereocenters. The van der Waals surface area contributed by atoms with Gasteiger partial charge < -0.3 is 15.6 Å². The predicted octanol–water partition coefficient (Wildman–Crippen LogP) is 1.56. The van der Waals surface area contributed by atoms with E-state index in [-0.39, 0.29) is 18.3 Å². The van der Waals surface area contributed by atoms with E-state index in [1.165, 1.54) is 7.11 Å². The highest BCUT2D eigenvalue weighted by atomic mass is 35.5. The van der Waals surface area contributed by atoms with E-state index in [4.69, 9.17) is 22.1 Å². The number of hydrogen-bond donors (Lipinski definition) is 2. The van der Waals surface area contributed by atoms with E-state index in [0.717, 1.165) is 5.56 Å². The molecule has 0 fully saturated rings. The molecular formula is C14H15ClN4O3. The van der Waals surface area contributed by atoms with Gasteiger partial charge in [-0.1, -0.05) is 17.7 Å². The van der Waals surface area contributed by atoms with Gasteiger partial charge >= 0.3 is 5.97 Å². The van der Waals surface area contributed by atoms with Crippen molar-refractivity contribution < 1.29 is 14.6 Å². The van der Waals surface area contributed by atoms with Gasteiger partial charge in [-0.15, -0.1) is 5.10 Å². The zero-order valence-corrected chi connectivity index (χ0v) is 12.6. The second kappa shape index (κ2) is 5.49. The third kappa shape index (κ3) is 2.48. The van der Waals surface area contributed by atoms with Crippen molar-refractivity contribution in [3.63, 3.8) is 0 Å². The summed E-state index contributed by atoms with van der Waals surface area (Å²) < 4.78 is 6.79. The van der Waals surface area contributed by atoms with Crippen LogP contribution in [0.15, 0.2) is 18.2 Å². The lowest BCUT2D eigenvalue weighted by atomic mass is 9.81. The molecule has 8 heteroatoms. The maximum Gasteiger partial charge on any atom is 0.307 e. The number of benzene rings is 1. The Balaban J connectivity index is 2.00. The SMILES string of the molecule is COc1ccc(C2Cn3nc(N)nc3CC2C(=O)O)cc1Cl. The molecule has 1 aromatic heterocycles. The summed E-state index contributed by atoms with van der Waals surface area (Å²) in [4.78, 5) is 15.7. The van der Waals surface area contributed by atoms with Crippen molar-refractivity contribution in [2.24, 2.45) is 5.92 Å². The number of nitrogens with two attached hydrogens (primary N) is 1. The molecule has 0 bridgehead atoms. The lowest BCUT2D eigenvalue weighted by molar-refractivity contribution is -0.143. The van der Waals surface area contributed by atoms with Crippen molar-refractivity contribution in [2.45, 2.75) is 18.9 Å². The number of methoxy groups -OCH3 is 1. The Morgan fingerprint density at radius 1 is 1.55 bits per heavy atom. The number of carboxylic acid groups (broad SMARTS) is 1.